The number of benzene rings is 1. The van der Waals surface area contributed by atoms with E-state index in [4.69, 9.17) is 9.15 Å². The predicted molar refractivity (Wildman–Crippen MR) is 76.5 cm³/mol. The monoisotopic (exact) mass is 259 g/mol. The van der Waals surface area contributed by atoms with Gasteiger partial charge < -0.3 is 14.5 Å². The highest BCUT2D eigenvalue weighted by Gasteiger charge is 2.19. The molecule has 3 rings (SSSR count). The molecule has 1 heterocycles. The topological polar surface area (TPSA) is 34.4 Å². The summed E-state index contributed by atoms with van der Waals surface area (Å²) in [5.41, 5.74) is 0.845. The lowest BCUT2D eigenvalue weighted by molar-refractivity contribution is 0.285. The highest BCUT2D eigenvalue weighted by molar-refractivity contribution is 5.83. The Kier molecular flexibility index (Phi) is 3.47. The number of rotatable bonds is 5. The Labute approximate surface area is 113 Å². The van der Waals surface area contributed by atoms with Crippen LogP contribution in [0, 0.1) is 5.92 Å². The number of fused-ring (bicyclic) bond motifs is 1. The lowest BCUT2D eigenvalue weighted by atomic mass is 9.85. The first-order valence-electron chi connectivity index (χ1n) is 7.07. The molecule has 102 valence electrons. The summed E-state index contributed by atoms with van der Waals surface area (Å²) in [5.74, 6) is 2.65. The van der Waals surface area contributed by atoms with Gasteiger partial charge in [-0.25, -0.2) is 0 Å². The molecule has 1 aromatic heterocycles. The number of furan rings is 1. The number of hydrogen-bond donors (Lipinski definition) is 1. The second-order valence-electron chi connectivity index (χ2n) is 5.45. The normalized spacial score (nSPS) is 17.4. The average Bonchev–Trinajstić information content (AvgIpc) is 2.80. The molecule has 1 unspecified atom stereocenters. The molecule has 0 saturated heterocycles. The SMILES string of the molecule is COc1cccc2cc(C(C)NCC3CCC3)oc12. The van der Waals surface area contributed by atoms with E-state index in [2.05, 4.69) is 24.4 Å². The molecule has 3 nitrogen and oxygen atoms in total. The quantitative estimate of drug-likeness (QED) is 0.884. The van der Waals surface area contributed by atoms with Crippen LogP contribution in [0.1, 0.15) is 38.0 Å². The summed E-state index contributed by atoms with van der Waals surface area (Å²) in [4.78, 5) is 0. The first-order chi connectivity index (χ1) is 9.28. The minimum absolute atomic E-state index is 0.248. The highest BCUT2D eigenvalue weighted by atomic mass is 16.5. The van der Waals surface area contributed by atoms with Gasteiger partial charge in [0, 0.05) is 5.39 Å². The van der Waals surface area contributed by atoms with Crippen LogP contribution in [0.25, 0.3) is 11.0 Å². The van der Waals surface area contributed by atoms with E-state index < -0.39 is 0 Å². The van der Waals surface area contributed by atoms with Gasteiger partial charge in [0.2, 0.25) is 0 Å². The van der Waals surface area contributed by atoms with E-state index in [0.717, 1.165) is 34.9 Å². The van der Waals surface area contributed by atoms with E-state index in [0.29, 0.717) is 0 Å². The molecule has 1 N–H and O–H groups in total. The van der Waals surface area contributed by atoms with Crippen LogP contribution >= 0.6 is 0 Å². The van der Waals surface area contributed by atoms with Crippen LogP contribution in [-0.4, -0.2) is 13.7 Å². The summed E-state index contributed by atoms with van der Waals surface area (Å²) in [6.07, 6.45) is 4.13. The van der Waals surface area contributed by atoms with Gasteiger partial charge in [-0.15, -0.1) is 0 Å². The summed E-state index contributed by atoms with van der Waals surface area (Å²) in [7, 11) is 1.68. The van der Waals surface area contributed by atoms with Gasteiger partial charge in [-0.1, -0.05) is 18.6 Å². The summed E-state index contributed by atoms with van der Waals surface area (Å²) in [6.45, 7) is 3.25. The van der Waals surface area contributed by atoms with Crippen LogP contribution in [-0.2, 0) is 0 Å². The van der Waals surface area contributed by atoms with Crippen LogP contribution in [0.5, 0.6) is 5.75 Å². The fraction of sp³-hybridized carbons (Fsp3) is 0.500. The van der Waals surface area contributed by atoms with Gasteiger partial charge in [0.05, 0.1) is 13.2 Å². The van der Waals surface area contributed by atoms with Gasteiger partial charge in [0.15, 0.2) is 11.3 Å². The Balaban J connectivity index is 1.76. The van der Waals surface area contributed by atoms with E-state index in [1.165, 1.54) is 19.3 Å². The fourth-order valence-electron chi connectivity index (χ4n) is 2.57. The zero-order valence-corrected chi connectivity index (χ0v) is 11.6. The molecule has 1 atom stereocenters. The molecular formula is C16H21NO2. The Morgan fingerprint density at radius 3 is 2.95 bits per heavy atom. The molecule has 1 aliphatic carbocycles. The summed E-state index contributed by atoms with van der Waals surface area (Å²) < 4.78 is 11.3. The maximum atomic E-state index is 5.95. The highest BCUT2D eigenvalue weighted by Crippen LogP contribution is 2.31. The average molecular weight is 259 g/mol. The second-order valence-corrected chi connectivity index (χ2v) is 5.45. The molecule has 0 bridgehead atoms. The molecule has 0 amide bonds. The zero-order valence-electron chi connectivity index (χ0n) is 11.6. The minimum Gasteiger partial charge on any atom is -0.493 e. The molecule has 1 saturated carbocycles. The molecule has 1 fully saturated rings. The molecule has 1 aromatic carbocycles. The third kappa shape index (κ3) is 2.47. The first-order valence-corrected chi connectivity index (χ1v) is 7.07. The summed E-state index contributed by atoms with van der Waals surface area (Å²) >= 11 is 0. The lowest BCUT2D eigenvalue weighted by Gasteiger charge is -2.26. The van der Waals surface area contributed by atoms with Gasteiger partial charge in [0.25, 0.3) is 0 Å². The molecule has 19 heavy (non-hydrogen) atoms. The van der Waals surface area contributed by atoms with Crippen molar-refractivity contribution in [2.45, 2.75) is 32.2 Å². The Morgan fingerprint density at radius 2 is 2.26 bits per heavy atom. The van der Waals surface area contributed by atoms with Crippen molar-refractivity contribution in [1.82, 2.24) is 5.32 Å². The second kappa shape index (κ2) is 5.25. The summed E-state index contributed by atoms with van der Waals surface area (Å²) in [5, 5.41) is 4.67. The minimum atomic E-state index is 0.248. The van der Waals surface area contributed by atoms with Crippen molar-refractivity contribution < 1.29 is 9.15 Å². The molecule has 0 aliphatic heterocycles. The Hall–Kier alpha value is -1.48. The first kappa shape index (κ1) is 12.5. The number of methoxy groups -OCH3 is 1. The molecule has 1 aliphatic rings. The zero-order chi connectivity index (χ0) is 13.2. The van der Waals surface area contributed by atoms with Crippen molar-refractivity contribution in [3.63, 3.8) is 0 Å². The van der Waals surface area contributed by atoms with E-state index in [9.17, 15) is 0 Å². The van der Waals surface area contributed by atoms with Gasteiger partial charge in [-0.2, -0.15) is 0 Å². The molecule has 2 aromatic rings. The number of nitrogens with one attached hydrogen (secondary N) is 1. The molecule has 3 heteroatoms. The van der Waals surface area contributed by atoms with Gasteiger partial charge in [-0.3, -0.25) is 0 Å². The smallest absolute Gasteiger partial charge is 0.176 e. The molecule has 0 radical (unpaired) electrons. The standard InChI is InChI=1S/C16H21NO2/c1-11(17-10-12-5-3-6-12)15-9-13-7-4-8-14(18-2)16(13)19-15/h4,7-9,11-12,17H,3,5-6,10H2,1-2H3. The maximum Gasteiger partial charge on any atom is 0.176 e. The van der Waals surface area contributed by atoms with Crippen LogP contribution in [0.4, 0.5) is 0 Å². The van der Waals surface area contributed by atoms with Crippen molar-refractivity contribution in [3.8, 4) is 5.75 Å². The van der Waals surface area contributed by atoms with E-state index in [1.807, 2.05) is 12.1 Å². The van der Waals surface area contributed by atoms with Crippen LogP contribution < -0.4 is 10.1 Å². The van der Waals surface area contributed by atoms with E-state index in [-0.39, 0.29) is 6.04 Å². The third-order valence-corrected chi connectivity index (χ3v) is 4.11. The maximum absolute atomic E-state index is 5.95. The molecular weight excluding hydrogens is 238 g/mol. The van der Waals surface area contributed by atoms with Crippen molar-refractivity contribution in [1.29, 1.82) is 0 Å². The van der Waals surface area contributed by atoms with Crippen molar-refractivity contribution in [2.24, 2.45) is 5.92 Å². The largest absolute Gasteiger partial charge is 0.493 e. The van der Waals surface area contributed by atoms with Gasteiger partial charge in [-0.05, 0) is 44.4 Å². The number of ether oxygens (including phenoxy) is 1. The number of para-hydroxylation sites is 1. The Bertz CT molecular complexity index is 557. The predicted octanol–water partition coefficient (Wildman–Crippen LogP) is 3.89. The third-order valence-electron chi connectivity index (χ3n) is 4.11. The lowest BCUT2D eigenvalue weighted by Crippen LogP contribution is -2.29. The van der Waals surface area contributed by atoms with Gasteiger partial charge in [0.1, 0.15) is 5.76 Å². The number of hydrogen-bond acceptors (Lipinski definition) is 3. The summed E-state index contributed by atoms with van der Waals surface area (Å²) in [6, 6.07) is 8.34. The van der Waals surface area contributed by atoms with Crippen molar-refractivity contribution in [3.05, 3.63) is 30.0 Å². The van der Waals surface area contributed by atoms with E-state index in [1.54, 1.807) is 7.11 Å². The van der Waals surface area contributed by atoms with Gasteiger partial charge >= 0.3 is 0 Å². The van der Waals surface area contributed by atoms with Crippen molar-refractivity contribution >= 4 is 11.0 Å². The van der Waals surface area contributed by atoms with Crippen LogP contribution in [0.2, 0.25) is 0 Å². The van der Waals surface area contributed by atoms with Crippen LogP contribution in [0.15, 0.2) is 28.7 Å². The Morgan fingerprint density at radius 1 is 1.42 bits per heavy atom. The fourth-order valence-corrected chi connectivity index (χ4v) is 2.57. The molecule has 0 spiro atoms. The van der Waals surface area contributed by atoms with Crippen LogP contribution in [0.3, 0.4) is 0 Å². The van der Waals surface area contributed by atoms with E-state index >= 15 is 0 Å². The van der Waals surface area contributed by atoms with Crippen molar-refractivity contribution in [2.75, 3.05) is 13.7 Å².